The topological polar surface area (TPSA) is 58.9 Å². The van der Waals surface area contributed by atoms with Crippen molar-refractivity contribution in [2.24, 2.45) is 5.73 Å². The number of hydrogen-bond donors (Lipinski definition) is 2. The second-order valence-electron chi connectivity index (χ2n) is 5.28. The van der Waals surface area contributed by atoms with Crippen molar-refractivity contribution >= 4 is 0 Å². The van der Waals surface area contributed by atoms with E-state index >= 15 is 0 Å². The van der Waals surface area contributed by atoms with E-state index in [1.165, 1.54) is 18.2 Å². The summed E-state index contributed by atoms with van der Waals surface area (Å²) in [4.78, 5) is 14.4. The molecule has 2 aromatic rings. The molecule has 0 amide bonds. The predicted octanol–water partition coefficient (Wildman–Crippen LogP) is 2.30. The van der Waals surface area contributed by atoms with Crippen LogP contribution in [0, 0.1) is 5.82 Å². The van der Waals surface area contributed by atoms with E-state index in [2.05, 4.69) is 4.98 Å². The van der Waals surface area contributed by atoms with Crippen LogP contribution in [0.5, 0.6) is 0 Å². The minimum Gasteiger partial charge on any atom is -0.326 e. The molecule has 0 saturated heterocycles. The molecule has 0 aliphatic rings. The molecular formula is C15H17FN2O. The van der Waals surface area contributed by atoms with Crippen molar-refractivity contribution in [1.29, 1.82) is 0 Å². The second-order valence-corrected chi connectivity index (χ2v) is 5.28. The van der Waals surface area contributed by atoms with Crippen molar-refractivity contribution in [3.63, 3.8) is 0 Å². The van der Waals surface area contributed by atoms with Crippen molar-refractivity contribution in [2.45, 2.75) is 25.8 Å². The van der Waals surface area contributed by atoms with Crippen LogP contribution < -0.4 is 11.3 Å². The van der Waals surface area contributed by atoms with E-state index in [-0.39, 0.29) is 11.4 Å². The third-order valence-corrected chi connectivity index (χ3v) is 2.95. The highest BCUT2D eigenvalue weighted by molar-refractivity contribution is 5.27. The summed E-state index contributed by atoms with van der Waals surface area (Å²) in [5, 5.41) is 0. The van der Waals surface area contributed by atoms with Crippen LogP contribution in [0.25, 0.3) is 0 Å². The molecule has 0 fully saturated rings. The molecule has 3 nitrogen and oxygen atoms in total. The minimum absolute atomic E-state index is 0.173. The van der Waals surface area contributed by atoms with E-state index in [0.717, 1.165) is 16.8 Å². The van der Waals surface area contributed by atoms with Crippen molar-refractivity contribution in [3.05, 3.63) is 69.4 Å². The Bertz CT molecular complexity index is 624. The second kappa shape index (κ2) is 4.97. The largest absolute Gasteiger partial charge is 0.326 e. The van der Waals surface area contributed by atoms with Gasteiger partial charge in [-0.05, 0) is 43.2 Å². The summed E-state index contributed by atoms with van der Waals surface area (Å²) in [6, 6.07) is 9.61. The first kappa shape index (κ1) is 13.5. The number of hydrogen-bond acceptors (Lipinski definition) is 2. The summed E-state index contributed by atoms with van der Waals surface area (Å²) < 4.78 is 12.8. The van der Waals surface area contributed by atoms with Crippen LogP contribution in [0.2, 0.25) is 0 Å². The third-order valence-electron chi connectivity index (χ3n) is 2.95. The summed E-state index contributed by atoms with van der Waals surface area (Å²) >= 11 is 0. The van der Waals surface area contributed by atoms with Gasteiger partial charge in [0.1, 0.15) is 5.82 Å². The van der Waals surface area contributed by atoms with Crippen LogP contribution in [0.3, 0.4) is 0 Å². The normalized spacial score (nSPS) is 11.6. The Kier molecular flexibility index (Phi) is 3.53. The highest BCUT2D eigenvalue weighted by atomic mass is 19.1. The summed E-state index contributed by atoms with van der Waals surface area (Å²) in [5.41, 5.74) is 7.76. The number of pyridine rings is 1. The molecule has 0 radical (unpaired) electrons. The van der Waals surface area contributed by atoms with E-state index in [9.17, 15) is 9.18 Å². The maximum atomic E-state index is 12.8. The molecule has 3 N–H and O–H groups in total. The lowest BCUT2D eigenvalue weighted by Crippen LogP contribution is -2.30. The smallest absolute Gasteiger partial charge is 0.248 e. The van der Waals surface area contributed by atoms with Gasteiger partial charge in [-0.1, -0.05) is 12.1 Å². The molecule has 0 saturated carbocycles. The number of halogens is 1. The lowest BCUT2D eigenvalue weighted by atomic mass is 9.95. The van der Waals surface area contributed by atoms with Gasteiger partial charge in [0.2, 0.25) is 5.56 Å². The average Bonchev–Trinajstić information content (AvgIpc) is 2.30. The van der Waals surface area contributed by atoms with Crippen LogP contribution in [0.4, 0.5) is 4.39 Å². The zero-order valence-corrected chi connectivity index (χ0v) is 11.0. The number of nitrogens with one attached hydrogen (secondary N) is 1. The zero-order chi connectivity index (χ0) is 14.0. The van der Waals surface area contributed by atoms with Crippen LogP contribution >= 0.6 is 0 Å². The lowest BCUT2D eigenvalue weighted by molar-refractivity contribution is 0.552. The van der Waals surface area contributed by atoms with Crippen molar-refractivity contribution < 1.29 is 4.39 Å². The van der Waals surface area contributed by atoms with E-state index in [1.54, 1.807) is 12.1 Å². The Morgan fingerprint density at radius 1 is 1.21 bits per heavy atom. The molecule has 0 spiro atoms. The first-order valence-corrected chi connectivity index (χ1v) is 6.11. The number of rotatable bonds is 3. The Morgan fingerprint density at radius 3 is 2.42 bits per heavy atom. The molecule has 0 aliphatic carbocycles. The predicted molar refractivity (Wildman–Crippen MR) is 73.5 cm³/mol. The van der Waals surface area contributed by atoms with E-state index < -0.39 is 5.54 Å². The summed E-state index contributed by atoms with van der Waals surface area (Å²) in [6.07, 6.45) is 0.541. The zero-order valence-electron chi connectivity index (χ0n) is 11.0. The molecule has 1 aromatic heterocycles. The molecule has 1 heterocycles. The number of nitrogens with two attached hydrogens (primary N) is 1. The van der Waals surface area contributed by atoms with Gasteiger partial charge >= 0.3 is 0 Å². The maximum Gasteiger partial charge on any atom is 0.248 e. The highest BCUT2D eigenvalue weighted by Crippen LogP contribution is 2.17. The fourth-order valence-corrected chi connectivity index (χ4v) is 1.89. The van der Waals surface area contributed by atoms with Crippen LogP contribution in [0.1, 0.15) is 30.7 Å². The average molecular weight is 260 g/mol. The Hall–Kier alpha value is -1.94. The Balaban J connectivity index is 2.33. The van der Waals surface area contributed by atoms with Gasteiger partial charge in [-0.2, -0.15) is 0 Å². The van der Waals surface area contributed by atoms with Gasteiger partial charge in [0, 0.05) is 23.7 Å². The monoisotopic (exact) mass is 260 g/mol. The Labute approximate surface area is 111 Å². The van der Waals surface area contributed by atoms with Gasteiger partial charge in [0.15, 0.2) is 0 Å². The van der Waals surface area contributed by atoms with E-state index in [0.29, 0.717) is 6.42 Å². The highest BCUT2D eigenvalue weighted by Gasteiger charge is 2.15. The maximum absolute atomic E-state index is 12.8. The summed E-state index contributed by atoms with van der Waals surface area (Å²) in [5.74, 6) is -0.269. The van der Waals surface area contributed by atoms with E-state index in [1.807, 2.05) is 19.9 Å². The van der Waals surface area contributed by atoms with Gasteiger partial charge in [-0.25, -0.2) is 4.39 Å². The van der Waals surface area contributed by atoms with Crippen molar-refractivity contribution in [1.82, 2.24) is 4.98 Å². The van der Waals surface area contributed by atoms with Crippen LogP contribution in [-0.2, 0) is 12.0 Å². The number of aromatic nitrogens is 1. The van der Waals surface area contributed by atoms with Gasteiger partial charge in [-0.3, -0.25) is 4.79 Å². The number of benzene rings is 1. The number of aromatic amines is 1. The first-order chi connectivity index (χ1) is 8.84. The van der Waals surface area contributed by atoms with Gasteiger partial charge in [-0.15, -0.1) is 0 Å². The van der Waals surface area contributed by atoms with Crippen molar-refractivity contribution in [3.8, 4) is 0 Å². The first-order valence-electron chi connectivity index (χ1n) is 6.11. The van der Waals surface area contributed by atoms with Gasteiger partial charge in [0.25, 0.3) is 0 Å². The molecule has 1 aromatic carbocycles. The van der Waals surface area contributed by atoms with Crippen molar-refractivity contribution in [2.75, 3.05) is 0 Å². The van der Waals surface area contributed by atoms with Crippen LogP contribution in [0.15, 0.2) is 41.2 Å². The van der Waals surface area contributed by atoms with Gasteiger partial charge in [0.05, 0.1) is 0 Å². The lowest BCUT2D eigenvalue weighted by Gasteiger charge is -2.19. The third kappa shape index (κ3) is 3.51. The molecule has 19 heavy (non-hydrogen) atoms. The minimum atomic E-state index is -0.564. The molecule has 0 bridgehead atoms. The quantitative estimate of drug-likeness (QED) is 0.889. The van der Waals surface area contributed by atoms with E-state index in [4.69, 9.17) is 5.73 Å². The molecule has 0 atom stereocenters. The molecule has 0 aliphatic heterocycles. The molecular weight excluding hydrogens is 243 g/mol. The fraction of sp³-hybridized carbons (Fsp3) is 0.267. The molecule has 0 unspecified atom stereocenters. The number of H-pyrrole nitrogens is 1. The van der Waals surface area contributed by atoms with Gasteiger partial charge < -0.3 is 10.7 Å². The van der Waals surface area contributed by atoms with Crippen LogP contribution in [-0.4, -0.2) is 4.98 Å². The summed E-state index contributed by atoms with van der Waals surface area (Å²) in [6.45, 7) is 3.70. The fourth-order valence-electron chi connectivity index (χ4n) is 1.89. The Morgan fingerprint density at radius 2 is 1.84 bits per heavy atom. The SMILES string of the molecule is CC(C)(N)c1cc(Cc2ccc(F)cc2)[nH]c(=O)c1. The summed E-state index contributed by atoms with van der Waals surface area (Å²) in [7, 11) is 0. The molecule has 100 valence electrons. The molecule has 4 heteroatoms. The standard InChI is InChI=1S/C15H17FN2O/c1-15(2,17)11-8-13(18-14(19)9-11)7-10-3-5-12(16)6-4-10/h3-6,8-9H,7,17H2,1-2H3,(H,18,19). The molecule has 2 rings (SSSR count).